The second kappa shape index (κ2) is 28.7. The summed E-state index contributed by atoms with van der Waals surface area (Å²) in [5.41, 5.74) is 0.584. The number of nitrogens with one attached hydrogen (secondary N) is 1. The van der Waals surface area contributed by atoms with Crippen LogP contribution < -0.4 is 5.32 Å². The Kier molecular flexibility index (Phi) is 24.2. The number of rotatable bonds is 32. The number of fused-ring (bicyclic) bond motifs is 1. The normalized spacial score (nSPS) is 21.8. The van der Waals surface area contributed by atoms with E-state index >= 15 is 0 Å². The van der Waals surface area contributed by atoms with Gasteiger partial charge in [0.25, 0.3) is 0 Å². The summed E-state index contributed by atoms with van der Waals surface area (Å²) in [6.07, 6.45) is 4.72. The molecule has 2 N–H and O–H groups in total. The van der Waals surface area contributed by atoms with Gasteiger partial charge < -0.3 is 34.6 Å². The van der Waals surface area contributed by atoms with E-state index in [0.717, 1.165) is 25.0 Å². The smallest absolute Gasteiger partial charge is 0.326 e. The molecule has 6 amide bonds. The minimum Gasteiger partial charge on any atom is -0.480 e. The largest absolute Gasteiger partial charge is 0.480 e. The maximum atomic E-state index is 14.8. The number of ether oxygens (including phenoxy) is 2. The quantitative estimate of drug-likeness (QED) is 0.0540. The average molecular weight is 1060 g/mol. The summed E-state index contributed by atoms with van der Waals surface area (Å²) < 4.78 is 12.1. The highest BCUT2D eigenvalue weighted by Crippen LogP contribution is 2.50. The Morgan fingerprint density at radius 3 is 2.16 bits per heavy atom. The number of unbranched alkanes of at least 4 members (excludes halogenated alkanes) is 3. The topological polar surface area (TPSA) is 200 Å². The summed E-state index contributed by atoms with van der Waals surface area (Å²) in [5.74, 6) is -3.88. The summed E-state index contributed by atoms with van der Waals surface area (Å²) in [6.45, 7) is 15.7. The van der Waals surface area contributed by atoms with E-state index in [2.05, 4.69) is 12.2 Å². The number of nitrogens with zero attached hydrogens (tertiary/aromatic N) is 4. The molecule has 2 saturated heterocycles. The Morgan fingerprint density at radius 1 is 0.890 bits per heavy atom. The number of Topliss-reactive ketones (excluding diaryl/α,β-unsaturated/α-hetero) is 1. The number of hydrogen-bond donors (Lipinski definition) is 2. The van der Waals surface area contributed by atoms with Crippen LogP contribution in [0, 0.1) is 35.5 Å². The van der Waals surface area contributed by atoms with E-state index in [-0.39, 0.29) is 102 Å². The lowest BCUT2D eigenvalue weighted by Gasteiger charge is -2.41. The molecular weight excluding hydrogens is 974 g/mol. The second-order valence-corrected chi connectivity index (χ2v) is 23.2. The molecule has 18 heteroatoms. The standard InChI is InChI=1S/C55H86ClN5O11S/c1-13-15-25-73-45-31-47(64)60(54(45)68)24-20-16-17-23-46(63)58(9)49(33(5)6)43(62)29-38(32(3)4)53(67)59(10)50(34(7)14-2)44(71-11)30-48(65)61-41-27-37(41)28-42(61)51(72-12)35(8)52(66)57-40(55(69)70)26-36-21-18-19-22-39(36)56/h18-19,21-22,32-35,37-38,40-42,44-45,49-51H,13-17,20,23-31H2,1-12H3,(H,57,66)(H,69,70)/t34-,35+,37-,38-,40-,41-,42-,44+,45?,49-,50-,51+/m0/s1. The Hall–Kier alpha value is -4.06. The molecule has 1 aromatic carbocycles. The number of imide groups is 1. The number of likely N-dealkylation sites (tertiary alicyclic amines) is 2. The SMILES string of the molecule is CCCCSC1CC(=O)N(CCCCCC(=O)N(C)[C@H](C(=O)C[C@H](C(=O)N(C)[C@@H]([C@@H](C)CC)[C@@H](CC(=O)N2[C@H]3C[C@H]3C[C@H]2[C@H](OC)[C@@H](C)C(=O)N[C@@H](Cc2ccccc2Cl)C(=O)O)OC)C(C)C)C(C)C)C1=O. The zero-order valence-electron chi connectivity index (χ0n) is 45.6. The van der Waals surface area contributed by atoms with Crippen molar-refractivity contribution in [1.29, 1.82) is 0 Å². The minimum atomic E-state index is -1.24. The van der Waals surface area contributed by atoms with Gasteiger partial charge in [0, 0.05) is 77.5 Å². The maximum Gasteiger partial charge on any atom is 0.326 e. The Balaban J connectivity index is 1.40. The van der Waals surface area contributed by atoms with Crippen molar-refractivity contribution in [2.24, 2.45) is 35.5 Å². The highest BCUT2D eigenvalue weighted by Gasteiger charge is 2.57. The number of carboxylic acids is 1. The molecular formula is C55H86ClN5O11S. The van der Waals surface area contributed by atoms with Crippen LogP contribution in [0.25, 0.3) is 0 Å². The molecule has 73 heavy (non-hydrogen) atoms. The number of ketones is 1. The van der Waals surface area contributed by atoms with Crippen LogP contribution in [0.3, 0.4) is 0 Å². The second-order valence-electron chi connectivity index (χ2n) is 21.5. The van der Waals surface area contributed by atoms with E-state index in [4.69, 9.17) is 21.1 Å². The van der Waals surface area contributed by atoms with Crippen LogP contribution in [0.5, 0.6) is 0 Å². The van der Waals surface area contributed by atoms with Crippen LogP contribution in [0.15, 0.2) is 24.3 Å². The van der Waals surface area contributed by atoms with Crippen molar-refractivity contribution in [2.45, 2.75) is 187 Å². The molecule has 0 spiro atoms. The van der Waals surface area contributed by atoms with Crippen LogP contribution in [-0.2, 0) is 54.3 Å². The lowest BCUT2D eigenvalue weighted by atomic mass is 9.83. The first-order chi connectivity index (χ1) is 34.5. The molecule has 0 radical (unpaired) electrons. The molecule has 0 bridgehead atoms. The number of methoxy groups -OCH3 is 2. The first-order valence-corrected chi connectivity index (χ1v) is 28.1. The maximum absolute atomic E-state index is 14.8. The third kappa shape index (κ3) is 16.0. The summed E-state index contributed by atoms with van der Waals surface area (Å²) in [5, 5.41) is 12.8. The molecule has 3 fully saturated rings. The summed E-state index contributed by atoms with van der Waals surface area (Å²) in [6, 6.07) is 3.81. The van der Waals surface area contributed by atoms with Gasteiger partial charge in [-0.05, 0) is 73.2 Å². The van der Waals surface area contributed by atoms with E-state index in [9.17, 15) is 43.5 Å². The molecule has 3 aliphatic rings. The zero-order valence-corrected chi connectivity index (χ0v) is 47.2. The van der Waals surface area contributed by atoms with Crippen LogP contribution in [0.1, 0.15) is 138 Å². The monoisotopic (exact) mass is 1060 g/mol. The van der Waals surface area contributed by atoms with Crippen LogP contribution in [-0.4, -0.2) is 160 Å². The first-order valence-electron chi connectivity index (χ1n) is 26.7. The zero-order chi connectivity index (χ0) is 54.4. The van der Waals surface area contributed by atoms with Gasteiger partial charge in [0.15, 0.2) is 5.78 Å². The molecule has 1 aromatic rings. The number of thioether (sulfide) groups is 1. The van der Waals surface area contributed by atoms with E-state index in [1.807, 2.05) is 46.4 Å². The lowest BCUT2D eigenvalue weighted by Crippen LogP contribution is -2.55. The summed E-state index contributed by atoms with van der Waals surface area (Å²) in [7, 11) is 6.36. The highest BCUT2D eigenvalue weighted by molar-refractivity contribution is 8.00. The van der Waals surface area contributed by atoms with Gasteiger partial charge in [0.2, 0.25) is 35.4 Å². The molecule has 16 nitrogen and oxygen atoms in total. The number of amides is 6. The van der Waals surface area contributed by atoms with Gasteiger partial charge >= 0.3 is 5.97 Å². The van der Waals surface area contributed by atoms with Crippen molar-refractivity contribution in [1.82, 2.24) is 24.9 Å². The van der Waals surface area contributed by atoms with E-state index in [1.54, 1.807) is 61.9 Å². The summed E-state index contributed by atoms with van der Waals surface area (Å²) in [4.78, 5) is 115. The number of halogens is 1. The molecule has 12 atom stereocenters. The number of likely N-dealkylation sites (N-methyl/N-ethyl adjacent to an activating group) is 2. The number of benzene rings is 1. The number of carbonyl (C=O) groups is 8. The molecule has 1 saturated carbocycles. The molecule has 2 heterocycles. The molecule has 2 aliphatic heterocycles. The van der Waals surface area contributed by atoms with Crippen molar-refractivity contribution in [2.75, 3.05) is 40.6 Å². The molecule has 4 rings (SSSR count). The average Bonchev–Trinajstić information content (AvgIpc) is 3.92. The van der Waals surface area contributed by atoms with Gasteiger partial charge in [0.05, 0.1) is 47.9 Å². The predicted octanol–water partition coefficient (Wildman–Crippen LogP) is 7.31. The third-order valence-electron chi connectivity index (χ3n) is 15.7. The number of aliphatic carboxylic acids is 1. The third-order valence-corrected chi connectivity index (χ3v) is 17.3. The Labute approximate surface area is 444 Å². The number of piperidine rings is 1. The van der Waals surface area contributed by atoms with E-state index < -0.39 is 60.1 Å². The van der Waals surface area contributed by atoms with Gasteiger partial charge in [0.1, 0.15) is 6.04 Å². The van der Waals surface area contributed by atoms with Gasteiger partial charge in [-0.25, -0.2) is 4.79 Å². The molecule has 1 aliphatic carbocycles. The van der Waals surface area contributed by atoms with E-state index in [1.165, 1.54) is 24.0 Å². The van der Waals surface area contributed by atoms with Gasteiger partial charge in [-0.3, -0.25) is 38.5 Å². The fourth-order valence-corrected chi connectivity index (χ4v) is 12.6. The van der Waals surface area contributed by atoms with Crippen molar-refractivity contribution in [3.63, 3.8) is 0 Å². The van der Waals surface area contributed by atoms with Gasteiger partial charge in [-0.2, -0.15) is 0 Å². The number of carboxylic acid groups (broad SMARTS) is 1. The van der Waals surface area contributed by atoms with Crippen molar-refractivity contribution in [3.05, 3.63) is 34.9 Å². The molecule has 1 unspecified atom stereocenters. The molecule has 0 aromatic heterocycles. The van der Waals surface area contributed by atoms with Crippen molar-refractivity contribution >= 4 is 70.6 Å². The highest BCUT2D eigenvalue weighted by atomic mass is 35.5. The van der Waals surface area contributed by atoms with Crippen LogP contribution in [0.2, 0.25) is 5.02 Å². The van der Waals surface area contributed by atoms with Crippen molar-refractivity contribution < 1.29 is 52.9 Å². The Morgan fingerprint density at radius 2 is 1.58 bits per heavy atom. The van der Waals surface area contributed by atoms with Crippen LogP contribution in [0.4, 0.5) is 0 Å². The first kappa shape index (κ1) is 61.5. The van der Waals surface area contributed by atoms with Gasteiger partial charge in [-0.15, -0.1) is 11.8 Å². The van der Waals surface area contributed by atoms with Crippen molar-refractivity contribution in [3.8, 4) is 0 Å². The fourth-order valence-electron chi connectivity index (χ4n) is 11.1. The number of carbonyl (C=O) groups excluding carboxylic acids is 7. The minimum absolute atomic E-state index is 0.0148. The Bertz CT molecular complexity index is 2080. The van der Waals surface area contributed by atoms with Crippen LogP contribution >= 0.6 is 23.4 Å². The predicted molar refractivity (Wildman–Crippen MR) is 284 cm³/mol. The summed E-state index contributed by atoms with van der Waals surface area (Å²) >= 11 is 7.87. The lowest BCUT2D eigenvalue weighted by molar-refractivity contribution is -0.150. The number of hydrogen-bond acceptors (Lipinski definition) is 11. The van der Waals surface area contributed by atoms with Gasteiger partial charge in [-0.1, -0.05) is 104 Å². The van der Waals surface area contributed by atoms with E-state index in [0.29, 0.717) is 49.2 Å². The fraction of sp³-hybridized carbons (Fsp3) is 0.745. The molecule has 410 valence electrons.